The molecule has 2 heterocycles. The summed E-state index contributed by atoms with van der Waals surface area (Å²) >= 11 is 1.26. The minimum Gasteiger partial charge on any atom is -0.506 e. The van der Waals surface area contributed by atoms with Crippen LogP contribution in [0.25, 0.3) is 11.4 Å². The molecule has 1 aromatic heterocycles. The summed E-state index contributed by atoms with van der Waals surface area (Å²) in [7, 11) is 1.84. The van der Waals surface area contributed by atoms with E-state index in [1.54, 1.807) is 18.2 Å². The fourth-order valence-electron chi connectivity index (χ4n) is 2.62. The molecule has 27 heavy (non-hydrogen) atoms. The number of benzene rings is 2. The fraction of sp³-hybridized carbons (Fsp3) is 0.167. The summed E-state index contributed by atoms with van der Waals surface area (Å²) in [6.07, 6.45) is 0. The highest BCUT2D eigenvalue weighted by molar-refractivity contribution is 7.99. The van der Waals surface area contributed by atoms with Crippen LogP contribution in [0.2, 0.25) is 0 Å². The Morgan fingerprint density at radius 2 is 2.04 bits per heavy atom. The summed E-state index contributed by atoms with van der Waals surface area (Å²) in [5.74, 6) is 1.97. The molecule has 8 nitrogen and oxygen atoms in total. The normalized spacial score (nSPS) is 12.2. The van der Waals surface area contributed by atoms with Crippen LogP contribution in [0.5, 0.6) is 17.2 Å². The number of para-hydroxylation sites is 2. The minimum absolute atomic E-state index is 0.0274. The van der Waals surface area contributed by atoms with E-state index in [0.717, 1.165) is 5.56 Å². The number of fused-ring (bicyclic) bond motifs is 1. The maximum Gasteiger partial charge on any atom is 0.234 e. The van der Waals surface area contributed by atoms with Crippen LogP contribution in [0.1, 0.15) is 0 Å². The van der Waals surface area contributed by atoms with Crippen molar-refractivity contribution >= 4 is 23.4 Å². The summed E-state index contributed by atoms with van der Waals surface area (Å²) in [4.78, 5) is 12.1. The number of hydrogen-bond acceptors (Lipinski definition) is 7. The number of nitrogens with zero attached hydrogens (tertiary/aromatic N) is 3. The Morgan fingerprint density at radius 1 is 1.22 bits per heavy atom. The monoisotopic (exact) mass is 384 g/mol. The first-order valence-corrected chi connectivity index (χ1v) is 9.10. The van der Waals surface area contributed by atoms with E-state index >= 15 is 0 Å². The van der Waals surface area contributed by atoms with Crippen LogP contribution in [0.15, 0.2) is 47.6 Å². The van der Waals surface area contributed by atoms with Crippen molar-refractivity contribution in [1.82, 2.24) is 14.8 Å². The molecule has 4 rings (SSSR count). The maximum atomic E-state index is 12.1. The summed E-state index contributed by atoms with van der Waals surface area (Å²) in [6, 6.07) is 12.2. The molecule has 0 bridgehead atoms. The second-order valence-corrected chi connectivity index (χ2v) is 6.73. The van der Waals surface area contributed by atoms with Crippen molar-refractivity contribution in [3.8, 4) is 28.6 Å². The lowest BCUT2D eigenvalue weighted by Crippen LogP contribution is -2.14. The van der Waals surface area contributed by atoms with Gasteiger partial charge in [-0.05, 0) is 30.3 Å². The molecule has 2 aromatic carbocycles. The van der Waals surface area contributed by atoms with Crippen molar-refractivity contribution in [3.63, 3.8) is 0 Å². The van der Waals surface area contributed by atoms with Gasteiger partial charge in [0, 0.05) is 12.6 Å². The van der Waals surface area contributed by atoms with E-state index in [1.165, 1.54) is 17.8 Å². The van der Waals surface area contributed by atoms with Gasteiger partial charge in [0.15, 0.2) is 22.5 Å². The Balaban J connectivity index is 1.43. The average Bonchev–Trinajstić information content (AvgIpc) is 3.27. The van der Waals surface area contributed by atoms with Gasteiger partial charge in [-0.25, -0.2) is 0 Å². The Morgan fingerprint density at radius 3 is 2.89 bits per heavy atom. The van der Waals surface area contributed by atoms with E-state index in [1.807, 2.05) is 29.8 Å². The molecule has 1 aliphatic heterocycles. The molecule has 0 radical (unpaired) electrons. The SMILES string of the molecule is Cn1c(SCC(=O)Nc2ccccc2O)nnc1-c1ccc2c(c1)OCO2. The molecular formula is C18H16N4O4S. The van der Waals surface area contributed by atoms with Crippen molar-refractivity contribution in [2.75, 3.05) is 17.9 Å². The summed E-state index contributed by atoms with van der Waals surface area (Å²) in [5, 5.41) is 21.4. The van der Waals surface area contributed by atoms with E-state index in [2.05, 4.69) is 15.5 Å². The lowest BCUT2D eigenvalue weighted by Gasteiger charge is -2.07. The zero-order valence-electron chi connectivity index (χ0n) is 14.4. The zero-order chi connectivity index (χ0) is 18.8. The van der Waals surface area contributed by atoms with Crippen LogP contribution in [0.3, 0.4) is 0 Å². The van der Waals surface area contributed by atoms with Gasteiger partial charge in [-0.2, -0.15) is 0 Å². The summed E-state index contributed by atoms with van der Waals surface area (Å²) < 4.78 is 12.5. The first-order valence-electron chi connectivity index (χ1n) is 8.12. The predicted molar refractivity (Wildman–Crippen MR) is 100 cm³/mol. The van der Waals surface area contributed by atoms with Crippen LogP contribution in [0.4, 0.5) is 5.69 Å². The molecule has 1 aliphatic rings. The van der Waals surface area contributed by atoms with E-state index in [-0.39, 0.29) is 24.2 Å². The Bertz CT molecular complexity index is 1000. The second-order valence-electron chi connectivity index (χ2n) is 5.79. The number of nitrogens with one attached hydrogen (secondary N) is 1. The molecule has 0 saturated heterocycles. The molecule has 0 saturated carbocycles. The summed E-state index contributed by atoms with van der Waals surface area (Å²) in [6.45, 7) is 0.213. The van der Waals surface area contributed by atoms with Crippen LogP contribution in [-0.4, -0.2) is 38.3 Å². The largest absolute Gasteiger partial charge is 0.506 e. The van der Waals surface area contributed by atoms with Crippen molar-refractivity contribution in [2.24, 2.45) is 7.05 Å². The third-order valence-electron chi connectivity index (χ3n) is 3.98. The predicted octanol–water partition coefficient (Wildman–Crippen LogP) is 2.65. The van der Waals surface area contributed by atoms with Crippen molar-refractivity contribution < 1.29 is 19.4 Å². The number of hydrogen-bond donors (Lipinski definition) is 2. The number of amides is 1. The molecule has 0 fully saturated rings. The van der Waals surface area contributed by atoms with Gasteiger partial charge in [-0.3, -0.25) is 4.79 Å². The Labute approximate surface area is 159 Å². The number of aromatic hydroxyl groups is 1. The van der Waals surface area contributed by atoms with Gasteiger partial charge in [0.1, 0.15) is 5.75 Å². The molecule has 0 aliphatic carbocycles. The Hall–Kier alpha value is -3.20. The highest BCUT2D eigenvalue weighted by Crippen LogP contribution is 2.35. The number of phenolic OH excluding ortho intramolecular Hbond substituents is 1. The zero-order valence-corrected chi connectivity index (χ0v) is 15.2. The van der Waals surface area contributed by atoms with Crippen LogP contribution < -0.4 is 14.8 Å². The molecule has 138 valence electrons. The maximum absolute atomic E-state index is 12.1. The van der Waals surface area contributed by atoms with Gasteiger partial charge in [0.05, 0.1) is 11.4 Å². The number of aromatic nitrogens is 3. The van der Waals surface area contributed by atoms with Crippen LogP contribution >= 0.6 is 11.8 Å². The van der Waals surface area contributed by atoms with Gasteiger partial charge in [-0.15, -0.1) is 10.2 Å². The molecule has 9 heteroatoms. The van der Waals surface area contributed by atoms with Gasteiger partial charge >= 0.3 is 0 Å². The third-order valence-corrected chi connectivity index (χ3v) is 5.00. The number of ether oxygens (including phenoxy) is 2. The molecule has 0 spiro atoms. The summed E-state index contributed by atoms with van der Waals surface area (Å²) in [5.41, 5.74) is 1.22. The number of anilines is 1. The molecule has 3 aromatic rings. The van der Waals surface area contributed by atoms with Gasteiger partial charge in [0.2, 0.25) is 12.7 Å². The van der Waals surface area contributed by atoms with E-state index < -0.39 is 0 Å². The minimum atomic E-state index is -0.242. The topological polar surface area (TPSA) is 98.5 Å². The smallest absolute Gasteiger partial charge is 0.234 e. The second kappa shape index (κ2) is 7.20. The number of rotatable bonds is 5. The molecular weight excluding hydrogens is 368 g/mol. The van der Waals surface area contributed by atoms with Crippen molar-refractivity contribution in [1.29, 1.82) is 0 Å². The molecule has 0 atom stereocenters. The first-order chi connectivity index (χ1) is 13.1. The highest BCUT2D eigenvalue weighted by Gasteiger charge is 2.18. The Kier molecular flexibility index (Phi) is 4.59. The lowest BCUT2D eigenvalue weighted by atomic mass is 10.2. The van der Waals surface area contributed by atoms with E-state index in [4.69, 9.17) is 9.47 Å². The van der Waals surface area contributed by atoms with Crippen LogP contribution in [-0.2, 0) is 11.8 Å². The lowest BCUT2D eigenvalue weighted by molar-refractivity contribution is -0.113. The molecule has 0 unspecified atom stereocenters. The van der Waals surface area contributed by atoms with E-state index in [9.17, 15) is 9.90 Å². The highest BCUT2D eigenvalue weighted by atomic mass is 32.2. The van der Waals surface area contributed by atoms with Crippen LogP contribution in [0, 0.1) is 0 Å². The number of thioether (sulfide) groups is 1. The molecule has 2 N–H and O–H groups in total. The molecule has 1 amide bonds. The standard InChI is InChI=1S/C18H16N4O4S/c1-22-17(11-6-7-14-15(8-11)26-10-25-14)20-21-18(22)27-9-16(24)19-12-4-2-3-5-13(12)23/h2-8,23H,9-10H2,1H3,(H,19,24). The third kappa shape index (κ3) is 3.54. The quantitative estimate of drug-likeness (QED) is 0.515. The van der Waals surface area contributed by atoms with Gasteiger partial charge in [-0.1, -0.05) is 23.9 Å². The number of carbonyl (C=O) groups is 1. The first kappa shape index (κ1) is 17.2. The average molecular weight is 384 g/mol. The van der Waals surface area contributed by atoms with Gasteiger partial charge in [0.25, 0.3) is 0 Å². The van der Waals surface area contributed by atoms with Gasteiger partial charge < -0.3 is 24.5 Å². The van der Waals surface area contributed by atoms with E-state index in [0.29, 0.717) is 28.2 Å². The number of carbonyl (C=O) groups excluding carboxylic acids is 1. The van der Waals surface area contributed by atoms with Crippen molar-refractivity contribution in [3.05, 3.63) is 42.5 Å². The number of phenols is 1. The fourth-order valence-corrected chi connectivity index (χ4v) is 3.33. The van der Waals surface area contributed by atoms with Crippen molar-refractivity contribution in [2.45, 2.75) is 5.16 Å².